The molecule has 0 bridgehead atoms. The van der Waals surface area contributed by atoms with Gasteiger partial charge in [-0.1, -0.05) is 20.8 Å². The molecule has 1 atom stereocenters. The fourth-order valence-electron chi connectivity index (χ4n) is 0.422. The molecule has 0 unspecified atom stereocenters. The Morgan fingerprint density at radius 2 is 1.88 bits per heavy atom. The molecule has 0 heteroatoms. The molecule has 0 aromatic rings. The quantitative estimate of drug-likeness (QED) is 0.478. The van der Waals surface area contributed by atoms with Crippen molar-refractivity contribution in [2.24, 2.45) is 11.8 Å². The highest BCUT2D eigenvalue weighted by Crippen LogP contribution is 2.11. The van der Waals surface area contributed by atoms with E-state index in [9.17, 15) is 0 Å². The fourth-order valence-corrected chi connectivity index (χ4v) is 0.422. The fraction of sp³-hybridized carbons (Fsp3) is 0.750. The van der Waals surface area contributed by atoms with Crippen LogP contribution < -0.4 is 0 Å². The van der Waals surface area contributed by atoms with Crippen molar-refractivity contribution in [1.29, 1.82) is 0 Å². The van der Waals surface area contributed by atoms with Gasteiger partial charge >= 0.3 is 0 Å². The molecule has 0 radical (unpaired) electrons. The van der Waals surface area contributed by atoms with Gasteiger partial charge in [0.2, 0.25) is 0 Å². The molecule has 46 valence electrons. The molecule has 0 aromatic heterocycles. The summed E-state index contributed by atoms with van der Waals surface area (Å²) >= 11 is 0. The van der Waals surface area contributed by atoms with E-state index >= 15 is 0 Å². The zero-order valence-corrected chi connectivity index (χ0v) is 5.94. The molecule has 8 heavy (non-hydrogen) atoms. The first-order valence-corrected chi connectivity index (χ1v) is 3.12. The van der Waals surface area contributed by atoms with E-state index in [0.29, 0.717) is 5.92 Å². The molecule has 0 aliphatic heterocycles. The van der Waals surface area contributed by atoms with Crippen molar-refractivity contribution < 1.29 is 0 Å². The van der Waals surface area contributed by atoms with Crippen molar-refractivity contribution >= 4 is 0 Å². The summed E-state index contributed by atoms with van der Waals surface area (Å²) in [5, 5.41) is 0. The average molecular weight is 110 g/mol. The molecule has 0 aliphatic rings. The first kappa shape index (κ1) is 7.56. The van der Waals surface area contributed by atoms with Crippen LogP contribution in [0, 0.1) is 24.2 Å². The van der Waals surface area contributed by atoms with Crippen LogP contribution in [-0.2, 0) is 0 Å². The molecular weight excluding hydrogens is 96.1 g/mol. The van der Waals surface area contributed by atoms with Crippen LogP contribution in [0.15, 0.2) is 0 Å². The number of hydrogen-bond donors (Lipinski definition) is 0. The lowest BCUT2D eigenvalue weighted by Crippen LogP contribution is -2.01. The molecule has 0 aromatic carbocycles. The van der Waals surface area contributed by atoms with E-state index in [2.05, 4.69) is 26.7 Å². The SMILES string of the molecule is C#CC[C@H](C)C(C)C. The van der Waals surface area contributed by atoms with Crippen LogP contribution in [0.4, 0.5) is 0 Å². The van der Waals surface area contributed by atoms with Crippen LogP contribution >= 0.6 is 0 Å². The highest BCUT2D eigenvalue weighted by atomic mass is 14.1. The first-order chi connectivity index (χ1) is 3.68. The van der Waals surface area contributed by atoms with E-state index in [1.165, 1.54) is 0 Å². The van der Waals surface area contributed by atoms with Gasteiger partial charge < -0.3 is 0 Å². The van der Waals surface area contributed by atoms with Gasteiger partial charge in [-0.3, -0.25) is 0 Å². The van der Waals surface area contributed by atoms with Gasteiger partial charge in [0.15, 0.2) is 0 Å². The molecule has 0 saturated heterocycles. The molecule has 0 rings (SSSR count). The van der Waals surface area contributed by atoms with Crippen LogP contribution in [0.1, 0.15) is 27.2 Å². The summed E-state index contributed by atoms with van der Waals surface area (Å²) in [6.45, 7) is 6.58. The van der Waals surface area contributed by atoms with Gasteiger partial charge in [0.05, 0.1) is 0 Å². The molecular formula is C8H14. The van der Waals surface area contributed by atoms with Crippen molar-refractivity contribution in [2.75, 3.05) is 0 Å². The summed E-state index contributed by atoms with van der Waals surface area (Å²) in [5.41, 5.74) is 0. The summed E-state index contributed by atoms with van der Waals surface area (Å²) < 4.78 is 0. The third-order valence-corrected chi connectivity index (χ3v) is 1.58. The van der Waals surface area contributed by atoms with Gasteiger partial charge in [-0.25, -0.2) is 0 Å². The number of rotatable bonds is 2. The van der Waals surface area contributed by atoms with Gasteiger partial charge in [-0.2, -0.15) is 0 Å². The van der Waals surface area contributed by atoms with E-state index < -0.39 is 0 Å². The van der Waals surface area contributed by atoms with Crippen LogP contribution in [0.5, 0.6) is 0 Å². The number of terminal acetylenes is 1. The second-order valence-corrected chi connectivity index (χ2v) is 2.63. The zero-order chi connectivity index (χ0) is 6.57. The molecule has 0 amide bonds. The van der Waals surface area contributed by atoms with Crippen molar-refractivity contribution in [3.05, 3.63) is 0 Å². The minimum atomic E-state index is 0.681. The molecule has 0 N–H and O–H groups in total. The lowest BCUT2D eigenvalue weighted by Gasteiger charge is -2.10. The Hall–Kier alpha value is -0.440. The third kappa shape index (κ3) is 2.69. The van der Waals surface area contributed by atoms with E-state index in [1.54, 1.807) is 0 Å². The summed E-state index contributed by atoms with van der Waals surface area (Å²) in [7, 11) is 0. The molecule has 0 saturated carbocycles. The van der Waals surface area contributed by atoms with Crippen LogP contribution in [0.2, 0.25) is 0 Å². The summed E-state index contributed by atoms with van der Waals surface area (Å²) in [6, 6.07) is 0. The van der Waals surface area contributed by atoms with E-state index in [0.717, 1.165) is 12.3 Å². The van der Waals surface area contributed by atoms with Gasteiger partial charge in [-0.15, -0.1) is 12.3 Å². The van der Waals surface area contributed by atoms with Gasteiger partial charge in [0.1, 0.15) is 0 Å². The Kier molecular flexibility index (Phi) is 3.35. The summed E-state index contributed by atoms with van der Waals surface area (Å²) in [6.07, 6.45) is 6.03. The predicted molar refractivity (Wildman–Crippen MR) is 37.5 cm³/mol. The van der Waals surface area contributed by atoms with E-state index in [-0.39, 0.29) is 0 Å². The maximum Gasteiger partial charge on any atom is 0.0114 e. The Bertz CT molecular complexity index is 84.7. The van der Waals surface area contributed by atoms with E-state index in [1.807, 2.05) is 0 Å². The molecule has 0 nitrogen and oxygen atoms in total. The minimum absolute atomic E-state index is 0.681. The second kappa shape index (κ2) is 3.55. The lowest BCUT2D eigenvalue weighted by atomic mass is 9.95. The average Bonchev–Trinajstić information content (AvgIpc) is 1.67. The summed E-state index contributed by atoms with van der Waals surface area (Å²) in [4.78, 5) is 0. The van der Waals surface area contributed by atoms with Gasteiger partial charge in [0.25, 0.3) is 0 Å². The zero-order valence-electron chi connectivity index (χ0n) is 5.94. The minimum Gasteiger partial charge on any atom is -0.120 e. The van der Waals surface area contributed by atoms with Crippen LogP contribution in [-0.4, -0.2) is 0 Å². The smallest absolute Gasteiger partial charge is 0.0114 e. The van der Waals surface area contributed by atoms with Crippen molar-refractivity contribution in [3.8, 4) is 12.3 Å². The van der Waals surface area contributed by atoms with Gasteiger partial charge in [0, 0.05) is 6.42 Å². The standard InChI is InChI=1S/C8H14/c1-5-6-8(4)7(2)3/h1,7-8H,6H2,2-4H3/t8-/m0/s1. The Labute approximate surface area is 52.3 Å². The Balaban J connectivity index is 3.35. The maximum absolute atomic E-state index is 5.12. The highest BCUT2D eigenvalue weighted by Gasteiger charge is 2.02. The Morgan fingerprint density at radius 3 is 2.00 bits per heavy atom. The van der Waals surface area contributed by atoms with Gasteiger partial charge in [-0.05, 0) is 11.8 Å². The normalized spacial score (nSPS) is 13.4. The van der Waals surface area contributed by atoms with Crippen molar-refractivity contribution in [2.45, 2.75) is 27.2 Å². The topological polar surface area (TPSA) is 0 Å². The largest absolute Gasteiger partial charge is 0.120 e. The van der Waals surface area contributed by atoms with Crippen molar-refractivity contribution in [1.82, 2.24) is 0 Å². The van der Waals surface area contributed by atoms with E-state index in [4.69, 9.17) is 6.42 Å². The van der Waals surface area contributed by atoms with Crippen molar-refractivity contribution in [3.63, 3.8) is 0 Å². The Morgan fingerprint density at radius 1 is 1.38 bits per heavy atom. The van der Waals surface area contributed by atoms with Crippen LogP contribution in [0.25, 0.3) is 0 Å². The summed E-state index contributed by atoms with van der Waals surface area (Å²) in [5.74, 6) is 4.06. The van der Waals surface area contributed by atoms with Crippen LogP contribution in [0.3, 0.4) is 0 Å². The lowest BCUT2D eigenvalue weighted by molar-refractivity contribution is 0.429. The third-order valence-electron chi connectivity index (χ3n) is 1.58. The molecule has 0 aliphatic carbocycles. The monoisotopic (exact) mass is 110 g/mol. The predicted octanol–water partition coefficient (Wildman–Crippen LogP) is 2.30. The maximum atomic E-state index is 5.12. The molecule has 0 heterocycles. The molecule has 0 spiro atoms. The number of hydrogen-bond acceptors (Lipinski definition) is 0. The first-order valence-electron chi connectivity index (χ1n) is 3.12. The molecule has 0 fully saturated rings. The highest BCUT2D eigenvalue weighted by molar-refractivity contribution is 4.86. The second-order valence-electron chi connectivity index (χ2n) is 2.63.